The molecule has 0 rings (SSSR count). The van der Waals surface area contributed by atoms with E-state index in [1.54, 1.807) is 6.29 Å². The van der Waals surface area contributed by atoms with Gasteiger partial charge >= 0.3 is 29.6 Å². The quantitative estimate of drug-likeness (QED) is 0.216. The smallest absolute Gasteiger partial charge is 0.419 e. The molecule has 34 valence electrons. The van der Waals surface area contributed by atoms with Crippen molar-refractivity contribution in [3.8, 4) is 0 Å². The van der Waals surface area contributed by atoms with Crippen LogP contribution in [0.15, 0.2) is 11.6 Å². The average molecular weight is 106 g/mol. The van der Waals surface area contributed by atoms with Gasteiger partial charge in [-0.3, -0.25) is 0 Å². The molecule has 0 radical (unpaired) electrons. The topological polar surface area (TPSA) is 17.1 Å². The van der Waals surface area contributed by atoms with Crippen LogP contribution in [0.1, 0.15) is 13.8 Å². The van der Waals surface area contributed by atoms with Crippen molar-refractivity contribution in [1.82, 2.24) is 0 Å². The fourth-order valence-corrected chi connectivity index (χ4v) is 0.118. The Morgan fingerprint density at radius 2 is 2.00 bits per heavy atom. The number of rotatable bonds is 1. The molecule has 0 heterocycles. The first-order chi connectivity index (χ1) is 2.77. The molecule has 2 heteroatoms. The van der Waals surface area contributed by atoms with Crippen LogP contribution in [-0.2, 0) is 4.79 Å². The third-order valence-electron chi connectivity index (χ3n) is 0.348. The summed E-state index contributed by atoms with van der Waals surface area (Å²) in [5.41, 5.74) is 0.991. The molecule has 0 unspecified atom stereocenters. The van der Waals surface area contributed by atoms with E-state index in [4.69, 9.17) is 0 Å². The van der Waals surface area contributed by atoms with E-state index < -0.39 is 0 Å². The van der Waals surface area contributed by atoms with Crippen LogP contribution in [0.4, 0.5) is 0 Å². The van der Waals surface area contributed by atoms with E-state index >= 15 is 0 Å². The Hall–Kier alpha value is 0.410. The minimum absolute atomic E-state index is 0. The summed E-state index contributed by atoms with van der Waals surface area (Å²) >= 11 is 0. The van der Waals surface area contributed by atoms with Crippen molar-refractivity contribution in [3.05, 3.63) is 11.6 Å². The zero-order valence-electron chi connectivity index (χ0n) is 4.99. The van der Waals surface area contributed by atoms with Crippen LogP contribution in [-0.4, -0.2) is 6.29 Å². The van der Waals surface area contributed by atoms with Gasteiger partial charge in [-0.15, -0.1) is 13.8 Å². The Balaban J connectivity index is 0. The van der Waals surface area contributed by atoms with Gasteiger partial charge in [0, 0.05) is 0 Å². The standard InChI is InChI=1S/C5H7O.Na/c1-5(2)3-4-6;/h3H,1-2H3;/q-1;+1. The van der Waals surface area contributed by atoms with Crippen molar-refractivity contribution in [2.75, 3.05) is 0 Å². The number of carbonyl (C=O) groups excluding carboxylic acids is 1. The number of hydrogen-bond acceptors (Lipinski definition) is 1. The molecule has 0 atom stereocenters. The van der Waals surface area contributed by atoms with E-state index in [-0.39, 0.29) is 29.6 Å². The summed E-state index contributed by atoms with van der Waals surface area (Å²) < 4.78 is 0. The van der Waals surface area contributed by atoms with Gasteiger partial charge in [-0.1, -0.05) is 0 Å². The van der Waals surface area contributed by atoms with Gasteiger partial charge in [0.05, 0.1) is 0 Å². The molecule has 0 aromatic carbocycles. The first-order valence-electron chi connectivity index (χ1n) is 1.78. The van der Waals surface area contributed by atoms with E-state index in [9.17, 15) is 4.79 Å². The molecule has 0 aromatic rings. The largest absolute Gasteiger partial charge is 1.00 e. The first-order valence-corrected chi connectivity index (χ1v) is 1.78. The molecule has 0 aliphatic heterocycles. The van der Waals surface area contributed by atoms with Gasteiger partial charge in [-0.05, 0) is 6.29 Å². The SMILES string of the molecule is CC(C)=C[C-]=O.[Na+]. The summed E-state index contributed by atoms with van der Waals surface area (Å²) in [7, 11) is 0. The fourth-order valence-electron chi connectivity index (χ4n) is 0.118. The molecule has 0 saturated carbocycles. The Bertz CT molecular complexity index is 72.1. The van der Waals surface area contributed by atoms with Gasteiger partial charge in [0.15, 0.2) is 0 Å². The van der Waals surface area contributed by atoms with Crippen LogP contribution in [0, 0.1) is 0 Å². The van der Waals surface area contributed by atoms with Crippen LogP contribution < -0.4 is 29.6 Å². The van der Waals surface area contributed by atoms with Gasteiger partial charge in [0.25, 0.3) is 0 Å². The molecule has 0 N–H and O–H groups in total. The Labute approximate surface area is 66.1 Å². The van der Waals surface area contributed by atoms with Crippen molar-refractivity contribution in [1.29, 1.82) is 0 Å². The average Bonchev–Trinajstić information content (AvgIpc) is 1.35. The van der Waals surface area contributed by atoms with Crippen LogP contribution in [0.5, 0.6) is 0 Å². The van der Waals surface area contributed by atoms with Gasteiger partial charge < -0.3 is 4.79 Å². The molecule has 0 aromatic heterocycles. The van der Waals surface area contributed by atoms with Gasteiger partial charge in [0.1, 0.15) is 0 Å². The molecule has 0 saturated heterocycles. The molecule has 7 heavy (non-hydrogen) atoms. The second-order valence-corrected chi connectivity index (χ2v) is 1.34. The molecular formula is C5H7NaO. The van der Waals surface area contributed by atoms with E-state index in [0.717, 1.165) is 5.57 Å². The predicted octanol–water partition coefficient (Wildman–Crippen LogP) is -1.93. The summed E-state index contributed by atoms with van der Waals surface area (Å²) in [6, 6.07) is 0. The van der Waals surface area contributed by atoms with Crippen LogP contribution in [0.3, 0.4) is 0 Å². The summed E-state index contributed by atoms with van der Waals surface area (Å²) in [6.45, 7) is 3.70. The minimum Gasteiger partial charge on any atom is -0.419 e. The van der Waals surface area contributed by atoms with Gasteiger partial charge in [-0.25, -0.2) is 5.57 Å². The second kappa shape index (κ2) is 6.41. The third kappa shape index (κ3) is 10.7. The molecule has 0 fully saturated rings. The maximum atomic E-state index is 9.41. The van der Waals surface area contributed by atoms with Crippen molar-refractivity contribution in [2.24, 2.45) is 0 Å². The fraction of sp³-hybridized carbons (Fsp3) is 0.400. The molecule has 0 spiro atoms. The zero-order chi connectivity index (χ0) is 4.99. The molecular weight excluding hydrogens is 99.0 g/mol. The molecule has 0 amide bonds. The normalized spacial score (nSPS) is 6.00. The maximum absolute atomic E-state index is 9.41. The van der Waals surface area contributed by atoms with Crippen LogP contribution in [0.25, 0.3) is 0 Å². The summed E-state index contributed by atoms with van der Waals surface area (Å²) in [4.78, 5) is 9.41. The third-order valence-corrected chi connectivity index (χ3v) is 0.348. The van der Waals surface area contributed by atoms with Crippen molar-refractivity contribution < 1.29 is 34.4 Å². The summed E-state index contributed by atoms with van der Waals surface area (Å²) in [6.07, 6.45) is 3.06. The number of allylic oxidation sites excluding steroid dienone is 2. The van der Waals surface area contributed by atoms with E-state index in [2.05, 4.69) is 0 Å². The zero-order valence-corrected chi connectivity index (χ0v) is 6.99. The number of hydrogen-bond donors (Lipinski definition) is 0. The molecule has 0 aliphatic carbocycles. The molecule has 0 aliphatic rings. The van der Waals surface area contributed by atoms with Crippen molar-refractivity contribution in [2.45, 2.75) is 13.8 Å². The van der Waals surface area contributed by atoms with Gasteiger partial charge in [-0.2, -0.15) is 6.08 Å². The Morgan fingerprint density at radius 1 is 1.57 bits per heavy atom. The second-order valence-electron chi connectivity index (χ2n) is 1.34. The van der Waals surface area contributed by atoms with Crippen LogP contribution in [0.2, 0.25) is 0 Å². The van der Waals surface area contributed by atoms with Crippen molar-refractivity contribution >= 4 is 6.29 Å². The van der Waals surface area contributed by atoms with E-state index in [0.29, 0.717) is 0 Å². The maximum Gasteiger partial charge on any atom is 1.00 e. The predicted molar refractivity (Wildman–Crippen MR) is 25.1 cm³/mol. The molecule has 0 bridgehead atoms. The van der Waals surface area contributed by atoms with Crippen LogP contribution >= 0.6 is 0 Å². The van der Waals surface area contributed by atoms with E-state index in [1.165, 1.54) is 6.08 Å². The Morgan fingerprint density at radius 3 is 2.00 bits per heavy atom. The Kier molecular flexibility index (Phi) is 9.53. The molecule has 1 nitrogen and oxygen atoms in total. The summed E-state index contributed by atoms with van der Waals surface area (Å²) in [5, 5.41) is 0. The minimum atomic E-state index is 0. The van der Waals surface area contributed by atoms with Gasteiger partial charge in [0.2, 0.25) is 0 Å². The van der Waals surface area contributed by atoms with E-state index in [1.807, 2.05) is 13.8 Å². The monoisotopic (exact) mass is 106 g/mol. The first kappa shape index (κ1) is 10.4. The summed E-state index contributed by atoms with van der Waals surface area (Å²) in [5.74, 6) is 0. The van der Waals surface area contributed by atoms with Crippen molar-refractivity contribution in [3.63, 3.8) is 0 Å².